The molecule has 0 aliphatic rings. The van der Waals surface area contributed by atoms with Gasteiger partial charge < -0.3 is 9.47 Å². The van der Waals surface area contributed by atoms with Crippen LogP contribution in [-0.4, -0.2) is 19.2 Å². The molecule has 0 saturated heterocycles. The van der Waals surface area contributed by atoms with Crippen molar-refractivity contribution in [3.63, 3.8) is 0 Å². The minimum atomic E-state index is -0.304. The molecular formula is C20H32O3. The molecule has 3 nitrogen and oxygen atoms in total. The van der Waals surface area contributed by atoms with Crippen LogP contribution in [0.5, 0.6) is 5.75 Å². The van der Waals surface area contributed by atoms with Gasteiger partial charge in [-0.3, -0.25) is 0 Å². The van der Waals surface area contributed by atoms with Crippen LogP contribution in [0.25, 0.3) is 0 Å². The molecule has 1 rings (SSSR count). The highest BCUT2D eigenvalue weighted by molar-refractivity contribution is 5.93. The van der Waals surface area contributed by atoms with E-state index in [0.29, 0.717) is 24.5 Å². The van der Waals surface area contributed by atoms with Crippen LogP contribution in [0.2, 0.25) is 0 Å². The zero-order valence-electron chi connectivity index (χ0n) is 15.0. The number of esters is 1. The van der Waals surface area contributed by atoms with Crippen molar-refractivity contribution < 1.29 is 14.3 Å². The van der Waals surface area contributed by atoms with Gasteiger partial charge in [-0.15, -0.1) is 0 Å². The summed E-state index contributed by atoms with van der Waals surface area (Å²) in [6.07, 6.45) is 10.2. The highest BCUT2D eigenvalue weighted by atomic mass is 16.5. The zero-order chi connectivity index (χ0) is 16.9. The number of aryl methyl sites for hydroxylation is 1. The van der Waals surface area contributed by atoms with Gasteiger partial charge in [0.05, 0.1) is 13.2 Å². The summed E-state index contributed by atoms with van der Waals surface area (Å²) in [4.78, 5) is 12.0. The van der Waals surface area contributed by atoms with E-state index in [-0.39, 0.29) is 5.97 Å². The second kappa shape index (κ2) is 12.0. The molecule has 1 aromatic carbocycles. The predicted molar refractivity (Wildman–Crippen MR) is 95.2 cm³/mol. The van der Waals surface area contributed by atoms with E-state index in [4.69, 9.17) is 9.47 Å². The number of para-hydroxylation sites is 1. The molecule has 0 spiro atoms. The van der Waals surface area contributed by atoms with E-state index < -0.39 is 0 Å². The molecule has 0 heterocycles. The maximum absolute atomic E-state index is 12.0. The van der Waals surface area contributed by atoms with Gasteiger partial charge in [0.15, 0.2) is 0 Å². The number of unbranched alkanes of at least 4 members (excludes halogenated alkanes) is 7. The minimum absolute atomic E-state index is 0.304. The third kappa shape index (κ3) is 7.54. The van der Waals surface area contributed by atoms with Crippen molar-refractivity contribution in [3.8, 4) is 5.75 Å². The topological polar surface area (TPSA) is 35.5 Å². The Bertz CT molecular complexity index is 454. The van der Waals surface area contributed by atoms with Crippen molar-refractivity contribution in [2.24, 2.45) is 0 Å². The number of ether oxygens (including phenoxy) is 2. The molecule has 0 saturated carbocycles. The van der Waals surface area contributed by atoms with Crippen LogP contribution in [0.1, 0.15) is 81.1 Å². The van der Waals surface area contributed by atoms with Crippen molar-refractivity contribution in [2.75, 3.05) is 13.2 Å². The van der Waals surface area contributed by atoms with Crippen LogP contribution in [0, 0.1) is 6.92 Å². The summed E-state index contributed by atoms with van der Waals surface area (Å²) >= 11 is 0. The maximum Gasteiger partial charge on any atom is 0.341 e. The molecule has 0 unspecified atom stereocenters. The normalized spacial score (nSPS) is 10.6. The van der Waals surface area contributed by atoms with Crippen molar-refractivity contribution in [1.82, 2.24) is 0 Å². The number of hydrogen-bond donors (Lipinski definition) is 0. The summed E-state index contributed by atoms with van der Waals surface area (Å²) in [5, 5.41) is 0. The molecule has 130 valence electrons. The van der Waals surface area contributed by atoms with E-state index >= 15 is 0 Å². The fraction of sp³-hybridized carbons (Fsp3) is 0.650. The Labute approximate surface area is 141 Å². The zero-order valence-corrected chi connectivity index (χ0v) is 15.0. The average molecular weight is 320 g/mol. The lowest BCUT2D eigenvalue weighted by atomic mass is 10.1. The lowest BCUT2D eigenvalue weighted by Crippen LogP contribution is -2.09. The number of benzene rings is 1. The Morgan fingerprint density at radius 2 is 1.61 bits per heavy atom. The van der Waals surface area contributed by atoms with E-state index in [2.05, 4.69) is 6.92 Å². The van der Waals surface area contributed by atoms with Gasteiger partial charge in [-0.2, -0.15) is 0 Å². The Morgan fingerprint density at radius 3 is 2.26 bits per heavy atom. The lowest BCUT2D eigenvalue weighted by Gasteiger charge is -2.13. The van der Waals surface area contributed by atoms with Crippen molar-refractivity contribution in [3.05, 3.63) is 29.3 Å². The highest BCUT2D eigenvalue weighted by Crippen LogP contribution is 2.24. The van der Waals surface area contributed by atoms with Crippen molar-refractivity contribution in [2.45, 2.75) is 72.1 Å². The van der Waals surface area contributed by atoms with Gasteiger partial charge in [0.1, 0.15) is 11.3 Å². The van der Waals surface area contributed by atoms with Crippen LogP contribution >= 0.6 is 0 Å². The summed E-state index contributed by atoms with van der Waals surface area (Å²) in [5.74, 6) is 0.371. The van der Waals surface area contributed by atoms with E-state index in [9.17, 15) is 4.79 Å². The maximum atomic E-state index is 12.0. The summed E-state index contributed by atoms with van der Waals surface area (Å²) in [6, 6.07) is 5.60. The van der Waals surface area contributed by atoms with E-state index in [1.807, 2.05) is 26.0 Å². The van der Waals surface area contributed by atoms with Crippen LogP contribution in [-0.2, 0) is 4.74 Å². The molecule has 23 heavy (non-hydrogen) atoms. The molecule has 3 heteroatoms. The summed E-state index contributed by atoms with van der Waals surface area (Å²) in [5.41, 5.74) is 1.52. The van der Waals surface area contributed by atoms with Gasteiger partial charge in [0, 0.05) is 0 Å². The first-order valence-corrected chi connectivity index (χ1v) is 9.10. The molecule has 1 aromatic rings. The number of rotatable bonds is 12. The molecule has 0 radical (unpaired) electrons. The molecule has 0 fully saturated rings. The van der Waals surface area contributed by atoms with Crippen LogP contribution < -0.4 is 4.74 Å². The summed E-state index contributed by atoms with van der Waals surface area (Å²) in [7, 11) is 0. The Kier molecular flexibility index (Phi) is 10.2. The van der Waals surface area contributed by atoms with Crippen LogP contribution in [0.15, 0.2) is 18.2 Å². The standard InChI is InChI=1S/C20H32O3/c1-4-6-7-8-9-10-11-12-16-23-19-17(3)14-13-15-18(19)20(21)22-5-2/h13-15H,4-12,16H2,1-3H3. The fourth-order valence-corrected chi connectivity index (χ4v) is 2.62. The number of carbonyl (C=O) groups excluding carboxylic acids is 1. The molecule has 0 N–H and O–H groups in total. The smallest absolute Gasteiger partial charge is 0.341 e. The molecule has 0 amide bonds. The van der Waals surface area contributed by atoms with Crippen LogP contribution in [0.4, 0.5) is 0 Å². The van der Waals surface area contributed by atoms with E-state index in [0.717, 1.165) is 12.0 Å². The molecule has 0 aliphatic carbocycles. The first kappa shape index (κ1) is 19.5. The van der Waals surface area contributed by atoms with Gasteiger partial charge in [0.25, 0.3) is 0 Å². The SMILES string of the molecule is CCCCCCCCCCOc1c(C)cccc1C(=O)OCC. The third-order valence-corrected chi connectivity index (χ3v) is 3.95. The Balaban J connectivity index is 2.33. The molecule has 0 atom stereocenters. The third-order valence-electron chi connectivity index (χ3n) is 3.95. The highest BCUT2D eigenvalue weighted by Gasteiger charge is 2.15. The molecular weight excluding hydrogens is 288 g/mol. The average Bonchev–Trinajstić information content (AvgIpc) is 2.54. The molecule has 0 aromatic heterocycles. The second-order valence-corrected chi connectivity index (χ2v) is 6.00. The van der Waals surface area contributed by atoms with Crippen molar-refractivity contribution >= 4 is 5.97 Å². The van der Waals surface area contributed by atoms with Gasteiger partial charge in [-0.1, -0.05) is 64.0 Å². The van der Waals surface area contributed by atoms with Crippen molar-refractivity contribution in [1.29, 1.82) is 0 Å². The summed E-state index contributed by atoms with van der Waals surface area (Å²) in [6.45, 7) is 7.06. The number of carbonyl (C=O) groups is 1. The van der Waals surface area contributed by atoms with Gasteiger partial charge in [0.2, 0.25) is 0 Å². The fourth-order valence-electron chi connectivity index (χ4n) is 2.62. The lowest BCUT2D eigenvalue weighted by molar-refractivity contribution is 0.0521. The van der Waals surface area contributed by atoms with Crippen LogP contribution in [0.3, 0.4) is 0 Å². The van der Waals surface area contributed by atoms with Gasteiger partial charge in [-0.05, 0) is 31.9 Å². The van der Waals surface area contributed by atoms with E-state index in [1.165, 1.54) is 44.9 Å². The Hall–Kier alpha value is -1.51. The monoisotopic (exact) mass is 320 g/mol. The van der Waals surface area contributed by atoms with Gasteiger partial charge in [-0.25, -0.2) is 4.79 Å². The first-order chi connectivity index (χ1) is 11.2. The largest absolute Gasteiger partial charge is 0.492 e. The summed E-state index contributed by atoms with van der Waals surface area (Å²) < 4.78 is 11.0. The number of hydrogen-bond acceptors (Lipinski definition) is 3. The van der Waals surface area contributed by atoms with Gasteiger partial charge >= 0.3 is 5.97 Å². The molecule has 0 bridgehead atoms. The predicted octanol–water partition coefficient (Wildman–Crippen LogP) is 5.69. The Morgan fingerprint density at radius 1 is 0.957 bits per heavy atom. The second-order valence-electron chi connectivity index (χ2n) is 6.00. The van der Waals surface area contributed by atoms with E-state index in [1.54, 1.807) is 6.07 Å². The quantitative estimate of drug-likeness (QED) is 0.366. The first-order valence-electron chi connectivity index (χ1n) is 9.10. The molecule has 0 aliphatic heterocycles. The minimum Gasteiger partial charge on any atom is -0.492 e.